The molecule has 162 valence electrons. The number of carbonyl (C=O) groups excluding carboxylic acids is 2. The van der Waals surface area contributed by atoms with Crippen molar-refractivity contribution in [1.82, 2.24) is 14.5 Å². The molecule has 3 rings (SSSR count). The molecule has 0 unspecified atom stereocenters. The van der Waals surface area contributed by atoms with Gasteiger partial charge in [-0.25, -0.2) is 8.42 Å². The zero-order chi connectivity index (χ0) is 22.4. The molecular weight excluding hydrogens is 418 g/mol. The summed E-state index contributed by atoms with van der Waals surface area (Å²) in [7, 11) is -3.93. The molecule has 0 bridgehead atoms. The van der Waals surface area contributed by atoms with Crippen molar-refractivity contribution >= 4 is 33.2 Å². The third-order valence-corrected chi connectivity index (χ3v) is 5.93. The first kappa shape index (κ1) is 22.2. The van der Waals surface area contributed by atoms with Crippen LogP contribution >= 0.6 is 0 Å². The van der Waals surface area contributed by atoms with Gasteiger partial charge in [0.15, 0.2) is 0 Å². The number of para-hydroxylation sites is 1. The monoisotopic (exact) mass is 441 g/mol. The van der Waals surface area contributed by atoms with E-state index in [2.05, 4.69) is 20.5 Å². The van der Waals surface area contributed by atoms with Gasteiger partial charge in [-0.15, -0.1) is 0 Å². The minimum atomic E-state index is -3.93. The lowest BCUT2D eigenvalue weighted by atomic mass is 10.1. The number of carbonyl (C=O) groups is 2. The van der Waals surface area contributed by atoms with Crippen LogP contribution in [0.3, 0.4) is 0 Å². The van der Waals surface area contributed by atoms with Gasteiger partial charge in [0.2, 0.25) is 21.8 Å². The topological polar surface area (TPSA) is 122 Å². The van der Waals surface area contributed by atoms with E-state index in [9.17, 15) is 18.0 Å². The van der Waals surface area contributed by atoms with E-state index in [0.717, 1.165) is 5.56 Å². The van der Waals surface area contributed by atoms with Crippen molar-refractivity contribution in [2.45, 2.75) is 31.3 Å². The van der Waals surface area contributed by atoms with Crippen molar-refractivity contribution in [3.63, 3.8) is 0 Å². The van der Waals surface area contributed by atoms with E-state index in [1.807, 2.05) is 18.3 Å². The predicted octanol–water partition coefficient (Wildman–Crippen LogP) is 2.20. The van der Waals surface area contributed by atoms with Crippen LogP contribution in [-0.4, -0.2) is 36.1 Å². The Bertz CT molecular complexity index is 1160. The second-order valence-electron chi connectivity index (χ2n) is 6.90. The number of hydrogen-bond acceptors (Lipinski definition) is 5. The van der Waals surface area contributed by atoms with Gasteiger partial charge in [0.1, 0.15) is 0 Å². The fourth-order valence-electron chi connectivity index (χ4n) is 2.86. The number of amides is 2. The first-order valence-corrected chi connectivity index (χ1v) is 11.0. The maximum Gasteiger partial charge on any atom is 0.242 e. The Hall–Kier alpha value is -3.50. The van der Waals surface area contributed by atoms with Crippen molar-refractivity contribution < 1.29 is 18.0 Å². The maximum atomic E-state index is 12.6. The molecule has 3 N–H and O–H groups in total. The molecule has 0 aliphatic rings. The van der Waals surface area contributed by atoms with Crippen LogP contribution in [0.4, 0.5) is 11.4 Å². The third kappa shape index (κ3) is 6.00. The van der Waals surface area contributed by atoms with E-state index in [1.54, 1.807) is 29.1 Å². The Balaban J connectivity index is 1.67. The van der Waals surface area contributed by atoms with Crippen molar-refractivity contribution in [2.75, 3.05) is 10.6 Å². The Morgan fingerprint density at radius 3 is 2.39 bits per heavy atom. The van der Waals surface area contributed by atoms with Crippen LogP contribution in [0.5, 0.6) is 0 Å². The molecule has 2 amide bonds. The van der Waals surface area contributed by atoms with Crippen LogP contribution in [0.25, 0.3) is 0 Å². The first-order valence-electron chi connectivity index (χ1n) is 9.51. The van der Waals surface area contributed by atoms with Crippen LogP contribution in [0, 0.1) is 0 Å². The highest BCUT2D eigenvalue weighted by Gasteiger charge is 2.22. The average Bonchev–Trinajstić information content (AvgIpc) is 3.22. The third-order valence-electron chi connectivity index (χ3n) is 4.38. The quantitative estimate of drug-likeness (QED) is 0.495. The van der Waals surface area contributed by atoms with Crippen LogP contribution < -0.4 is 15.4 Å². The summed E-state index contributed by atoms with van der Waals surface area (Å²) in [4.78, 5) is 23.7. The molecule has 0 saturated carbocycles. The molecule has 1 heterocycles. The summed E-state index contributed by atoms with van der Waals surface area (Å²) in [5.74, 6) is -0.752. The lowest BCUT2D eigenvalue weighted by Crippen LogP contribution is -2.41. The van der Waals surface area contributed by atoms with Crippen molar-refractivity contribution in [2.24, 2.45) is 0 Å². The van der Waals surface area contributed by atoms with Crippen molar-refractivity contribution in [3.8, 4) is 0 Å². The molecule has 10 heteroatoms. The van der Waals surface area contributed by atoms with E-state index in [-0.39, 0.29) is 10.8 Å². The number of nitrogens with one attached hydrogen (secondary N) is 3. The summed E-state index contributed by atoms with van der Waals surface area (Å²) in [6.07, 6.45) is 3.48. The summed E-state index contributed by atoms with van der Waals surface area (Å²) in [6.45, 7) is 3.29. The predicted molar refractivity (Wildman–Crippen MR) is 117 cm³/mol. The van der Waals surface area contributed by atoms with E-state index < -0.39 is 22.0 Å². The lowest BCUT2D eigenvalue weighted by molar-refractivity contribution is -0.117. The lowest BCUT2D eigenvalue weighted by Gasteiger charge is -2.16. The van der Waals surface area contributed by atoms with Gasteiger partial charge in [-0.1, -0.05) is 18.2 Å². The van der Waals surface area contributed by atoms with E-state index in [1.165, 1.54) is 38.1 Å². The molecule has 3 aromatic rings. The molecular formula is C21H23N5O4S. The smallest absolute Gasteiger partial charge is 0.242 e. The second kappa shape index (κ2) is 9.54. The minimum Gasteiger partial charge on any atom is -0.326 e. The molecule has 31 heavy (non-hydrogen) atoms. The average molecular weight is 442 g/mol. The molecule has 0 radical (unpaired) electrons. The number of sulfonamides is 1. The fourth-order valence-corrected chi connectivity index (χ4v) is 4.07. The highest BCUT2D eigenvalue weighted by atomic mass is 32.2. The Morgan fingerprint density at radius 1 is 1.03 bits per heavy atom. The second-order valence-corrected chi connectivity index (χ2v) is 8.61. The SMILES string of the molecule is CC(=O)Nc1ccc(S(=O)(=O)N[C@@H](C)C(=O)Nc2ccccc2Cn2cccn2)cc1. The molecule has 1 atom stereocenters. The summed E-state index contributed by atoms with van der Waals surface area (Å²) >= 11 is 0. The van der Waals surface area contributed by atoms with E-state index in [0.29, 0.717) is 17.9 Å². The molecule has 9 nitrogen and oxygen atoms in total. The van der Waals surface area contributed by atoms with E-state index >= 15 is 0 Å². The summed E-state index contributed by atoms with van der Waals surface area (Å²) in [5.41, 5.74) is 1.89. The zero-order valence-electron chi connectivity index (χ0n) is 17.1. The normalized spacial score (nSPS) is 12.2. The van der Waals surface area contributed by atoms with Gasteiger partial charge >= 0.3 is 0 Å². The minimum absolute atomic E-state index is 0.0136. The molecule has 1 aromatic heterocycles. The maximum absolute atomic E-state index is 12.6. The number of aromatic nitrogens is 2. The highest BCUT2D eigenvalue weighted by molar-refractivity contribution is 7.89. The van der Waals surface area contributed by atoms with Crippen LogP contribution in [0.1, 0.15) is 19.4 Å². The van der Waals surface area contributed by atoms with Gasteiger partial charge in [-0.3, -0.25) is 14.3 Å². The van der Waals surface area contributed by atoms with Gasteiger partial charge in [0.05, 0.1) is 17.5 Å². The molecule has 0 saturated heterocycles. The van der Waals surface area contributed by atoms with Crippen LogP contribution in [0.2, 0.25) is 0 Å². The van der Waals surface area contributed by atoms with Crippen molar-refractivity contribution in [1.29, 1.82) is 0 Å². The molecule has 0 aliphatic heterocycles. The van der Waals surface area contributed by atoms with Gasteiger partial charge in [-0.05, 0) is 48.9 Å². The molecule has 0 aliphatic carbocycles. The Morgan fingerprint density at radius 2 is 1.74 bits per heavy atom. The number of nitrogens with zero attached hydrogens (tertiary/aromatic N) is 2. The fraction of sp³-hybridized carbons (Fsp3) is 0.190. The zero-order valence-corrected chi connectivity index (χ0v) is 17.9. The Labute approximate surface area is 180 Å². The Kier molecular flexibility index (Phi) is 6.83. The number of anilines is 2. The van der Waals surface area contributed by atoms with Gasteiger partial charge < -0.3 is 10.6 Å². The largest absolute Gasteiger partial charge is 0.326 e. The van der Waals surface area contributed by atoms with Crippen molar-refractivity contribution in [3.05, 3.63) is 72.6 Å². The number of benzene rings is 2. The summed E-state index contributed by atoms with van der Waals surface area (Å²) in [5, 5.41) is 9.50. The van der Waals surface area contributed by atoms with Gasteiger partial charge in [0.25, 0.3) is 0 Å². The summed E-state index contributed by atoms with van der Waals surface area (Å²) in [6, 6.07) is 13.7. The number of rotatable bonds is 8. The standard InChI is InChI=1S/C21H23N5O4S/c1-15(25-31(29,30)19-10-8-18(9-11-19)23-16(2)27)21(28)24-20-7-4-3-6-17(20)14-26-13-5-12-22-26/h3-13,15,25H,14H2,1-2H3,(H,23,27)(H,24,28)/t15-/m0/s1. The van der Waals surface area contributed by atoms with Crippen LogP contribution in [-0.2, 0) is 26.2 Å². The van der Waals surface area contributed by atoms with Crippen LogP contribution in [0.15, 0.2) is 71.9 Å². The van der Waals surface area contributed by atoms with E-state index in [4.69, 9.17) is 0 Å². The molecule has 0 fully saturated rings. The first-order chi connectivity index (χ1) is 14.7. The molecule has 2 aromatic carbocycles. The molecule has 0 spiro atoms. The van der Waals surface area contributed by atoms with Gasteiger partial charge in [0, 0.05) is 30.7 Å². The van der Waals surface area contributed by atoms with Gasteiger partial charge in [-0.2, -0.15) is 9.82 Å². The summed E-state index contributed by atoms with van der Waals surface area (Å²) < 4.78 is 29.3. The highest BCUT2D eigenvalue weighted by Crippen LogP contribution is 2.18. The number of hydrogen-bond donors (Lipinski definition) is 3.